The van der Waals surface area contributed by atoms with E-state index in [-0.39, 0.29) is 17.6 Å². The first-order valence-electron chi connectivity index (χ1n) is 12.2. The van der Waals surface area contributed by atoms with Gasteiger partial charge in [0.25, 0.3) is 5.91 Å². The second-order valence-corrected chi connectivity index (χ2v) is 9.18. The van der Waals surface area contributed by atoms with Crippen LogP contribution in [0.5, 0.6) is 11.5 Å². The highest BCUT2D eigenvalue weighted by Gasteiger charge is 2.45. The fourth-order valence-corrected chi connectivity index (χ4v) is 5.35. The summed E-state index contributed by atoms with van der Waals surface area (Å²) in [5.74, 6) is -0.394. The molecule has 0 unspecified atom stereocenters. The number of para-hydroxylation sites is 1. The highest BCUT2D eigenvalue weighted by Crippen LogP contribution is 2.46. The summed E-state index contributed by atoms with van der Waals surface area (Å²) in [4.78, 5) is 37.3. The highest BCUT2D eigenvalue weighted by molar-refractivity contribution is 6.02. The zero-order valence-corrected chi connectivity index (χ0v) is 21.1. The van der Waals surface area contributed by atoms with Crippen LogP contribution in [0.15, 0.2) is 60.9 Å². The zero-order valence-electron chi connectivity index (χ0n) is 21.1. The van der Waals surface area contributed by atoms with Crippen LogP contribution in [0.2, 0.25) is 0 Å². The number of nitrogens with zero attached hydrogens (tertiary/aromatic N) is 4. The molecule has 3 aromatic rings. The third kappa shape index (κ3) is 4.34. The number of carbonyl (C=O) groups is 2. The minimum atomic E-state index is -0.679. The van der Waals surface area contributed by atoms with E-state index >= 15 is 0 Å². The van der Waals surface area contributed by atoms with Gasteiger partial charge in [-0.3, -0.25) is 14.6 Å². The summed E-state index contributed by atoms with van der Waals surface area (Å²) >= 11 is 0. The third-order valence-electron chi connectivity index (χ3n) is 7.25. The summed E-state index contributed by atoms with van der Waals surface area (Å²) in [7, 11) is 4.74. The molecule has 0 N–H and O–H groups in total. The number of hydrogen-bond acceptors (Lipinski definition) is 6. The van der Waals surface area contributed by atoms with E-state index in [1.54, 1.807) is 59.6 Å². The largest absolute Gasteiger partial charge is 0.493 e. The predicted molar refractivity (Wildman–Crippen MR) is 137 cm³/mol. The molecule has 3 heterocycles. The summed E-state index contributed by atoms with van der Waals surface area (Å²) in [6.45, 7) is 1.88. The molecule has 0 saturated carbocycles. The lowest BCUT2D eigenvalue weighted by molar-refractivity contribution is -0.134. The maximum Gasteiger partial charge on any atom is 0.254 e. The van der Waals surface area contributed by atoms with Crippen molar-refractivity contribution < 1.29 is 23.5 Å². The van der Waals surface area contributed by atoms with Crippen LogP contribution in [-0.2, 0) is 4.79 Å². The minimum absolute atomic E-state index is 0.102. The minimum Gasteiger partial charge on any atom is -0.493 e. The van der Waals surface area contributed by atoms with E-state index in [1.165, 1.54) is 20.3 Å². The van der Waals surface area contributed by atoms with E-state index in [4.69, 9.17) is 9.47 Å². The van der Waals surface area contributed by atoms with Crippen molar-refractivity contribution in [2.45, 2.75) is 12.0 Å². The molecule has 1 aromatic heterocycles. The second kappa shape index (κ2) is 10.1. The van der Waals surface area contributed by atoms with Crippen LogP contribution in [0.1, 0.15) is 33.4 Å². The average molecular weight is 505 g/mol. The van der Waals surface area contributed by atoms with Gasteiger partial charge in [-0.2, -0.15) is 0 Å². The number of rotatable bonds is 5. The molecule has 2 aliphatic rings. The summed E-state index contributed by atoms with van der Waals surface area (Å²) in [5, 5.41) is 0. The van der Waals surface area contributed by atoms with E-state index < -0.39 is 12.0 Å². The number of amides is 2. The lowest BCUT2D eigenvalue weighted by Crippen LogP contribution is -2.53. The van der Waals surface area contributed by atoms with E-state index in [9.17, 15) is 14.0 Å². The SMILES string of the molecule is COc1cc2c(cc1OC)[C@H](C(=O)N1CCN(c3ccccc3F)CC1)[C@@H](c1cccnc1)N(C)C2=O. The van der Waals surface area contributed by atoms with Crippen molar-refractivity contribution in [3.05, 3.63) is 83.4 Å². The monoisotopic (exact) mass is 504 g/mol. The molecule has 2 atom stereocenters. The first-order valence-corrected chi connectivity index (χ1v) is 12.2. The molecule has 0 radical (unpaired) electrons. The number of fused-ring (bicyclic) bond motifs is 1. The van der Waals surface area contributed by atoms with Crippen molar-refractivity contribution in [1.29, 1.82) is 0 Å². The molecule has 0 aliphatic carbocycles. The molecule has 2 aromatic carbocycles. The number of benzene rings is 2. The Hall–Kier alpha value is -4.14. The molecule has 37 heavy (non-hydrogen) atoms. The standard InChI is InChI=1S/C28H29FN4O4/c1-31-26(18-7-6-10-30-17-18)25(19-15-23(36-2)24(37-3)16-20(19)27(31)34)28(35)33-13-11-32(12-14-33)22-9-5-4-8-21(22)29/h4-10,15-17,25-26H,11-14H2,1-3H3/t25-,26+/m0/s1. The van der Waals surface area contributed by atoms with Crippen LogP contribution >= 0.6 is 0 Å². The topological polar surface area (TPSA) is 75.2 Å². The molecule has 5 rings (SSSR count). The van der Waals surface area contributed by atoms with Gasteiger partial charge in [0.1, 0.15) is 5.82 Å². The van der Waals surface area contributed by atoms with Crippen LogP contribution < -0.4 is 14.4 Å². The average Bonchev–Trinajstić information content (AvgIpc) is 2.94. The normalized spacial score (nSPS) is 19.5. The van der Waals surface area contributed by atoms with Crippen molar-refractivity contribution in [2.24, 2.45) is 0 Å². The van der Waals surface area contributed by atoms with Gasteiger partial charge in [0.15, 0.2) is 11.5 Å². The van der Waals surface area contributed by atoms with Gasteiger partial charge in [-0.15, -0.1) is 0 Å². The van der Waals surface area contributed by atoms with Crippen LogP contribution in [0.4, 0.5) is 10.1 Å². The number of pyridine rings is 1. The molecule has 9 heteroatoms. The summed E-state index contributed by atoms with van der Waals surface area (Å²) < 4.78 is 25.3. The first kappa shape index (κ1) is 24.5. The lowest BCUT2D eigenvalue weighted by Gasteiger charge is -2.43. The summed E-state index contributed by atoms with van der Waals surface area (Å²) in [5.41, 5.74) is 2.30. The van der Waals surface area contributed by atoms with Gasteiger partial charge in [-0.05, 0) is 41.5 Å². The van der Waals surface area contributed by atoms with Crippen LogP contribution in [-0.4, -0.2) is 74.0 Å². The van der Waals surface area contributed by atoms with Crippen molar-refractivity contribution in [1.82, 2.24) is 14.8 Å². The second-order valence-electron chi connectivity index (χ2n) is 9.18. The summed E-state index contributed by atoms with van der Waals surface area (Å²) in [6, 6.07) is 13.2. The molecule has 0 spiro atoms. The van der Waals surface area contributed by atoms with E-state index in [0.717, 1.165) is 5.56 Å². The fourth-order valence-electron chi connectivity index (χ4n) is 5.35. The number of hydrogen-bond donors (Lipinski definition) is 0. The molecule has 192 valence electrons. The number of aromatic nitrogens is 1. The molecule has 0 bridgehead atoms. The van der Waals surface area contributed by atoms with Crippen LogP contribution in [0.25, 0.3) is 0 Å². The maximum atomic E-state index is 14.4. The number of anilines is 1. The van der Waals surface area contributed by atoms with Crippen molar-refractivity contribution in [3.8, 4) is 11.5 Å². The van der Waals surface area contributed by atoms with Gasteiger partial charge in [-0.1, -0.05) is 18.2 Å². The number of methoxy groups -OCH3 is 2. The number of piperazine rings is 1. The molecule has 1 fully saturated rings. The summed E-state index contributed by atoms with van der Waals surface area (Å²) in [6.07, 6.45) is 3.35. The number of ether oxygens (including phenoxy) is 2. The molecular weight excluding hydrogens is 475 g/mol. The van der Waals surface area contributed by atoms with Crippen LogP contribution in [0, 0.1) is 5.82 Å². The Morgan fingerprint density at radius 2 is 1.70 bits per heavy atom. The Morgan fingerprint density at radius 3 is 2.35 bits per heavy atom. The predicted octanol–water partition coefficient (Wildman–Crippen LogP) is 3.50. The third-order valence-corrected chi connectivity index (χ3v) is 7.25. The van der Waals surface area contributed by atoms with Gasteiger partial charge in [0, 0.05) is 51.2 Å². The fraction of sp³-hybridized carbons (Fsp3) is 0.321. The van der Waals surface area contributed by atoms with E-state index in [0.29, 0.717) is 54.5 Å². The Labute approximate surface area is 215 Å². The van der Waals surface area contributed by atoms with Crippen molar-refractivity contribution in [2.75, 3.05) is 52.3 Å². The van der Waals surface area contributed by atoms with Gasteiger partial charge >= 0.3 is 0 Å². The van der Waals surface area contributed by atoms with Crippen molar-refractivity contribution in [3.63, 3.8) is 0 Å². The van der Waals surface area contributed by atoms with Crippen LogP contribution in [0.3, 0.4) is 0 Å². The smallest absolute Gasteiger partial charge is 0.254 e. The first-order chi connectivity index (χ1) is 17.9. The van der Waals surface area contributed by atoms with Crippen molar-refractivity contribution >= 4 is 17.5 Å². The molecule has 2 amide bonds. The van der Waals surface area contributed by atoms with Gasteiger partial charge < -0.3 is 24.2 Å². The Morgan fingerprint density at radius 1 is 1.00 bits per heavy atom. The highest BCUT2D eigenvalue weighted by atomic mass is 19.1. The molecule has 1 saturated heterocycles. The quantitative estimate of drug-likeness (QED) is 0.530. The molecule has 2 aliphatic heterocycles. The van der Waals surface area contributed by atoms with E-state index in [2.05, 4.69) is 4.98 Å². The Balaban J connectivity index is 1.52. The Bertz CT molecular complexity index is 1310. The van der Waals surface area contributed by atoms with E-state index in [1.807, 2.05) is 17.0 Å². The number of carbonyl (C=O) groups excluding carboxylic acids is 2. The number of likely N-dealkylation sites (N-methyl/N-ethyl adjacent to an activating group) is 1. The lowest BCUT2D eigenvalue weighted by atomic mass is 9.79. The number of halogens is 1. The van der Waals surface area contributed by atoms with Gasteiger partial charge in [-0.25, -0.2) is 4.39 Å². The Kier molecular flexibility index (Phi) is 6.69. The maximum absolute atomic E-state index is 14.4. The molecule has 8 nitrogen and oxygen atoms in total. The van der Waals surface area contributed by atoms with Gasteiger partial charge in [0.05, 0.1) is 31.9 Å². The zero-order chi connectivity index (χ0) is 26.1. The van der Waals surface area contributed by atoms with Gasteiger partial charge in [0.2, 0.25) is 5.91 Å². The molecular formula is C28H29FN4O4.